The Morgan fingerprint density at radius 3 is 2.25 bits per heavy atom. The lowest BCUT2D eigenvalue weighted by Gasteiger charge is -1.99. The number of thiazole rings is 1. The summed E-state index contributed by atoms with van der Waals surface area (Å²) in [4.78, 5) is 4.72. The van der Waals surface area contributed by atoms with Gasteiger partial charge in [-0.2, -0.15) is 0 Å². The lowest BCUT2D eigenvalue weighted by Crippen LogP contribution is -1.95. The molecular formula is C16H13IN2S. The van der Waals surface area contributed by atoms with Crippen LogP contribution in [-0.2, 0) is 6.54 Å². The summed E-state index contributed by atoms with van der Waals surface area (Å²) in [6, 6.07) is 16.7. The average Bonchev–Trinajstić information content (AvgIpc) is 2.98. The SMILES string of the molecule is NCc1ccc(-c2nc(-c3ccc(I)cc3)cs2)cc1. The number of nitrogens with zero attached hydrogens (tertiary/aromatic N) is 1. The summed E-state index contributed by atoms with van der Waals surface area (Å²) >= 11 is 3.98. The molecule has 4 heteroatoms. The average molecular weight is 392 g/mol. The minimum Gasteiger partial charge on any atom is -0.326 e. The van der Waals surface area contributed by atoms with Gasteiger partial charge in [0.2, 0.25) is 0 Å². The van der Waals surface area contributed by atoms with Crippen molar-refractivity contribution in [3.63, 3.8) is 0 Å². The molecule has 3 rings (SSSR count). The molecule has 1 aromatic heterocycles. The van der Waals surface area contributed by atoms with Gasteiger partial charge in [0, 0.05) is 26.6 Å². The van der Waals surface area contributed by atoms with Crippen LogP contribution in [0.2, 0.25) is 0 Å². The fraction of sp³-hybridized carbons (Fsp3) is 0.0625. The van der Waals surface area contributed by atoms with Crippen molar-refractivity contribution in [1.29, 1.82) is 0 Å². The number of aromatic nitrogens is 1. The van der Waals surface area contributed by atoms with E-state index in [2.05, 4.69) is 76.5 Å². The van der Waals surface area contributed by atoms with Crippen molar-refractivity contribution in [2.45, 2.75) is 6.54 Å². The highest BCUT2D eigenvalue weighted by molar-refractivity contribution is 14.1. The van der Waals surface area contributed by atoms with E-state index in [9.17, 15) is 0 Å². The van der Waals surface area contributed by atoms with Crippen LogP contribution in [0.1, 0.15) is 5.56 Å². The van der Waals surface area contributed by atoms with Gasteiger partial charge in [-0.25, -0.2) is 4.98 Å². The van der Waals surface area contributed by atoms with Crippen molar-refractivity contribution in [2.24, 2.45) is 5.73 Å². The van der Waals surface area contributed by atoms with E-state index in [4.69, 9.17) is 10.7 Å². The molecule has 0 aliphatic carbocycles. The molecule has 0 bridgehead atoms. The van der Waals surface area contributed by atoms with E-state index in [1.54, 1.807) is 11.3 Å². The summed E-state index contributed by atoms with van der Waals surface area (Å²) in [5.74, 6) is 0. The van der Waals surface area contributed by atoms with Crippen LogP contribution < -0.4 is 5.73 Å². The fourth-order valence-electron chi connectivity index (χ4n) is 1.94. The Kier molecular flexibility index (Phi) is 4.14. The van der Waals surface area contributed by atoms with Crippen LogP contribution >= 0.6 is 33.9 Å². The van der Waals surface area contributed by atoms with E-state index in [1.807, 2.05) is 0 Å². The van der Waals surface area contributed by atoms with Crippen LogP contribution in [0, 0.1) is 3.57 Å². The molecule has 100 valence electrons. The summed E-state index contributed by atoms with van der Waals surface area (Å²) in [5, 5.41) is 3.15. The Morgan fingerprint density at radius 1 is 0.950 bits per heavy atom. The zero-order valence-corrected chi connectivity index (χ0v) is 13.7. The van der Waals surface area contributed by atoms with E-state index in [-0.39, 0.29) is 0 Å². The molecule has 3 aromatic rings. The molecule has 0 radical (unpaired) electrons. The van der Waals surface area contributed by atoms with Gasteiger partial charge in [0.15, 0.2) is 0 Å². The molecule has 0 spiro atoms. The zero-order chi connectivity index (χ0) is 13.9. The maximum absolute atomic E-state index is 5.62. The molecule has 20 heavy (non-hydrogen) atoms. The van der Waals surface area contributed by atoms with Gasteiger partial charge < -0.3 is 5.73 Å². The lowest BCUT2D eigenvalue weighted by atomic mass is 10.1. The zero-order valence-electron chi connectivity index (χ0n) is 10.7. The van der Waals surface area contributed by atoms with Crippen molar-refractivity contribution in [2.75, 3.05) is 0 Å². The second kappa shape index (κ2) is 6.03. The Labute approximate surface area is 135 Å². The molecular weight excluding hydrogens is 379 g/mol. The summed E-state index contributed by atoms with van der Waals surface area (Å²) in [7, 11) is 0. The van der Waals surface area contributed by atoms with E-state index < -0.39 is 0 Å². The molecule has 0 aliphatic rings. The number of nitrogens with two attached hydrogens (primary N) is 1. The van der Waals surface area contributed by atoms with Gasteiger partial charge in [-0.3, -0.25) is 0 Å². The van der Waals surface area contributed by atoms with Gasteiger partial charge in [-0.1, -0.05) is 36.4 Å². The van der Waals surface area contributed by atoms with Gasteiger partial charge in [0.25, 0.3) is 0 Å². The van der Waals surface area contributed by atoms with Crippen molar-refractivity contribution in [3.05, 3.63) is 63.0 Å². The quantitative estimate of drug-likeness (QED) is 0.665. The minimum atomic E-state index is 0.575. The summed E-state index contributed by atoms with van der Waals surface area (Å²) < 4.78 is 1.24. The van der Waals surface area contributed by atoms with Crippen LogP contribution in [0.25, 0.3) is 21.8 Å². The molecule has 2 nitrogen and oxygen atoms in total. The molecule has 0 unspecified atom stereocenters. The summed E-state index contributed by atoms with van der Waals surface area (Å²) in [5.41, 5.74) is 10.1. The third-order valence-electron chi connectivity index (χ3n) is 3.08. The molecule has 2 aromatic carbocycles. The maximum atomic E-state index is 5.62. The fourth-order valence-corrected chi connectivity index (χ4v) is 3.14. The Morgan fingerprint density at radius 2 is 1.60 bits per heavy atom. The molecule has 1 heterocycles. The summed E-state index contributed by atoms with van der Waals surface area (Å²) in [6.45, 7) is 0.575. The van der Waals surface area contributed by atoms with Crippen LogP contribution in [-0.4, -0.2) is 4.98 Å². The first kappa shape index (κ1) is 13.7. The molecule has 0 amide bonds. The molecule has 0 atom stereocenters. The highest BCUT2D eigenvalue weighted by Crippen LogP contribution is 2.29. The Balaban J connectivity index is 1.91. The largest absolute Gasteiger partial charge is 0.326 e. The van der Waals surface area contributed by atoms with Crippen LogP contribution in [0.15, 0.2) is 53.9 Å². The molecule has 0 saturated heterocycles. The third kappa shape index (κ3) is 2.92. The van der Waals surface area contributed by atoms with Gasteiger partial charge in [-0.05, 0) is 40.3 Å². The van der Waals surface area contributed by atoms with Crippen molar-refractivity contribution < 1.29 is 0 Å². The maximum Gasteiger partial charge on any atom is 0.124 e. The Bertz CT molecular complexity index is 702. The van der Waals surface area contributed by atoms with Gasteiger partial charge in [-0.15, -0.1) is 11.3 Å². The van der Waals surface area contributed by atoms with Crippen molar-refractivity contribution >= 4 is 33.9 Å². The van der Waals surface area contributed by atoms with Gasteiger partial charge in [0.1, 0.15) is 5.01 Å². The Hall–Kier alpha value is -1.24. The van der Waals surface area contributed by atoms with Gasteiger partial charge >= 0.3 is 0 Å². The third-order valence-corrected chi connectivity index (χ3v) is 4.69. The van der Waals surface area contributed by atoms with Gasteiger partial charge in [0.05, 0.1) is 5.69 Å². The highest BCUT2D eigenvalue weighted by Gasteiger charge is 2.06. The first-order valence-corrected chi connectivity index (χ1v) is 8.23. The first-order valence-electron chi connectivity index (χ1n) is 6.27. The summed E-state index contributed by atoms with van der Waals surface area (Å²) in [6.07, 6.45) is 0. The lowest BCUT2D eigenvalue weighted by molar-refractivity contribution is 1.07. The van der Waals surface area contributed by atoms with Crippen molar-refractivity contribution in [1.82, 2.24) is 4.98 Å². The second-order valence-corrected chi connectivity index (χ2v) is 6.55. The number of hydrogen-bond acceptors (Lipinski definition) is 3. The normalized spacial score (nSPS) is 10.7. The topological polar surface area (TPSA) is 38.9 Å². The number of benzene rings is 2. The molecule has 2 N–H and O–H groups in total. The van der Waals surface area contributed by atoms with Crippen LogP contribution in [0.3, 0.4) is 0 Å². The van der Waals surface area contributed by atoms with Crippen molar-refractivity contribution in [3.8, 4) is 21.8 Å². The number of hydrogen-bond donors (Lipinski definition) is 1. The molecule has 0 saturated carbocycles. The highest BCUT2D eigenvalue weighted by atomic mass is 127. The van der Waals surface area contributed by atoms with E-state index in [0.717, 1.165) is 27.4 Å². The number of rotatable bonds is 3. The monoisotopic (exact) mass is 392 g/mol. The van der Waals surface area contributed by atoms with E-state index in [1.165, 1.54) is 3.57 Å². The predicted octanol–water partition coefficient (Wildman–Crippen LogP) is 4.54. The first-order chi connectivity index (χ1) is 9.76. The van der Waals surface area contributed by atoms with Crippen LogP contribution in [0.5, 0.6) is 0 Å². The number of halogens is 1. The predicted molar refractivity (Wildman–Crippen MR) is 93.6 cm³/mol. The second-order valence-electron chi connectivity index (χ2n) is 4.45. The smallest absolute Gasteiger partial charge is 0.124 e. The van der Waals surface area contributed by atoms with E-state index in [0.29, 0.717) is 6.54 Å². The molecule has 0 aliphatic heterocycles. The van der Waals surface area contributed by atoms with Crippen LogP contribution in [0.4, 0.5) is 0 Å². The molecule has 0 fully saturated rings. The van der Waals surface area contributed by atoms with E-state index >= 15 is 0 Å². The standard InChI is InChI=1S/C16H13IN2S/c17-14-7-5-12(6-8-14)15-10-20-16(19-15)13-3-1-11(9-18)2-4-13/h1-8,10H,9,18H2. The minimum absolute atomic E-state index is 0.575.